The summed E-state index contributed by atoms with van der Waals surface area (Å²) < 4.78 is 64.0. The topological polar surface area (TPSA) is 224 Å². The summed E-state index contributed by atoms with van der Waals surface area (Å²) in [5, 5.41) is 25.9. The maximum atomic E-state index is 13.2. The number of imidazole rings is 1. The number of hydrogen-bond donors (Lipinski definition) is 5. The summed E-state index contributed by atoms with van der Waals surface area (Å²) in [5.41, 5.74) is 7.35. The number of unbranched alkanes of at least 4 members (excludes halogenated alkanes) is 1. The Morgan fingerprint density at radius 3 is 2.47 bits per heavy atom. The van der Waals surface area contributed by atoms with E-state index in [1.54, 1.807) is 18.2 Å². The molecule has 1 aliphatic rings. The SMILES string of the molecule is CN(C)c1cccc2c(S(=O)(=O)NCCCCNc3nc4c(N)ncnc4n3[C@@H]3O[C@H](COS(C)(=O)=O)C(O)[C@@H]3O)cccc12. The molecule has 2 aromatic heterocycles. The molecule has 4 atom stereocenters. The van der Waals surface area contributed by atoms with E-state index in [4.69, 9.17) is 14.7 Å². The van der Waals surface area contributed by atoms with Crippen LogP contribution in [0.2, 0.25) is 0 Å². The Balaban J connectivity index is 1.25. The minimum absolute atomic E-state index is 0.0762. The van der Waals surface area contributed by atoms with Crippen LogP contribution in [0.4, 0.5) is 17.5 Å². The number of benzene rings is 2. The molecule has 45 heavy (non-hydrogen) atoms. The Hall–Kier alpha value is -3.65. The lowest BCUT2D eigenvalue weighted by atomic mass is 10.1. The average Bonchev–Trinajstić information content (AvgIpc) is 3.49. The van der Waals surface area contributed by atoms with Crippen LogP contribution >= 0.6 is 0 Å². The Bertz CT molecular complexity index is 1900. The molecule has 18 heteroatoms. The maximum Gasteiger partial charge on any atom is 0.264 e. The number of aliphatic hydroxyl groups is 2. The predicted molar refractivity (Wildman–Crippen MR) is 168 cm³/mol. The van der Waals surface area contributed by atoms with E-state index in [1.165, 1.54) is 10.9 Å². The number of aliphatic hydroxyl groups excluding tert-OH is 2. The largest absolute Gasteiger partial charge is 0.387 e. The van der Waals surface area contributed by atoms with Crippen molar-refractivity contribution in [3.05, 3.63) is 42.7 Å². The molecule has 1 aliphatic heterocycles. The van der Waals surface area contributed by atoms with Crippen molar-refractivity contribution in [3.63, 3.8) is 0 Å². The van der Waals surface area contributed by atoms with Crippen LogP contribution in [0.5, 0.6) is 0 Å². The second kappa shape index (κ2) is 13.0. The molecule has 4 aromatic rings. The molecule has 5 rings (SSSR count). The van der Waals surface area contributed by atoms with Gasteiger partial charge in [0.2, 0.25) is 16.0 Å². The second-order valence-electron chi connectivity index (χ2n) is 10.8. The monoisotopic (exact) mass is 664 g/mol. The van der Waals surface area contributed by atoms with Gasteiger partial charge in [0.05, 0.1) is 17.8 Å². The number of anilines is 3. The number of ether oxygens (including phenoxy) is 1. The van der Waals surface area contributed by atoms with Crippen LogP contribution in [0.3, 0.4) is 0 Å². The van der Waals surface area contributed by atoms with Crippen LogP contribution in [-0.2, 0) is 29.1 Å². The Morgan fingerprint density at radius 2 is 1.73 bits per heavy atom. The van der Waals surface area contributed by atoms with Crippen molar-refractivity contribution >= 4 is 59.5 Å². The molecule has 0 spiro atoms. The highest BCUT2D eigenvalue weighted by atomic mass is 32.2. The van der Waals surface area contributed by atoms with Crippen molar-refractivity contribution < 1.29 is 36.0 Å². The van der Waals surface area contributed by atoms with Gasteiger partial charge in [0, 0.05) is 43.6 Å². The molecule has 0 saturated carbocycles. The van der Waals surface area contributed by atoms with E-state index in [0.29, 0.717) is 24.8 Å². The molecule has 2 aromatic carbocycles. The molecule has 1 fully saturated rings. The van der Waals surface area contributed by atoms with Gasteiger partial charge in [-0.25, -0.2) is 28.1 Å². The first-order chi connectivity index (χ1) is 21.3. The second-order valence-corrected chi connectivity index (χ2v) is 14.2. The Labute approximate surface area is 260 Å². The summed E-state index contributed by atoms with van der Waals surface area (Å²) in [4.78, 5) is 14.8. The zero-order valence-corrected chi connectivity index (χ0v) is 26.5. The highest BCUT2D eigenvalue weighted by Crippen LogP contribution is 2.35. The molecule has 0 aliphatic carbocycles. The smallest absolute Gasteiger partial charge is 0.264 e. The van der Waals surface area contributed by atoms with Gasteiger partial charge in [-0.3, -0.25) is 8.75 Å². The van der Waals surface area contributed by atoms with Gasteiger partial charge >= 0.3 is 0 Å². The standard InChI is InChI=1S/C27H36N8O8S2/c1-34(2)18-10-6-9-17-16(18)8-7-11-20(17)45(40,41)32-13-5-4-12-29-27-33-21-24(28)30-15-31-25(21)35(27)26-23(37)22(36)19(43-26)14-42-44(3,38)39/h6-11,15,19,22-23,26,32,36-37H,4-5,12-14H2,1-3H3,(H,29,33)(H2,28,30,31)/t19-,22?,23+,26-/m1/s1. The average molecular weight is 665 g/mol. The minimum atomic E-state index is -3.82. The van der Waals surface area contributed by atoms with Crippen LogP contribution in [0.25, 0.3) is 21.9 Å². The molecular formula is C27H36N8O8S2. The lowest BCUT2D eigenvalue weighted by Crippen LogP contribution is -2.34. The van der Waals surface area contributed by atoms with Crippen molar-refractivity contribution in [1.82, 2.24) is 24.2 Å². The van der Waals surface area contributed by atoms with Crippen LogP contribution in [0.1, 0.15) is 19.1 Å². The third-order valence-corrected chi connectivity index (χ3v) is 9.44. The number of nitrogens with zero attached hydrogens (tertiary/aromatic N) is 5. The van der Waals surface area contributed by atoms with Crippen molar-refractivity contribution in [3.8, 4) is 0 Å². The normalized spacial score (nSPS) is 20.6. The van der Waals surface area contributed by atoms with Crippen LogP contribution < -0.4 is 20.7 Å². The van der Waals surface area contributed by atoms with Crippen molar-refractivity contribution in [2.45, 2.75) is 42.3 Å². The molecule has 16 nitrogen and oxygen atoms in total. The number of nitrogens with one attached hydrogen (secondary N) is 2. The maximum absolute atomic E-state index is 13.2. The van der Waals surface area contributed by atoms with Crippen molar-refractivity contribution in [2.75, 3.05) is 56.0 Å². The fourth-order valence-corrected chi connectivity index (χ4v) is 6.86. The number of nitrogen functional groups attached to an aromatic ring is 1. The van der Waals surface area contributed by atoms with Crippen LogP contribution in [0, 0.1) is 0 Å². The third kappa shape index (κ3) is 6.96. The van der Waals surface area contributed by atoms with E-state index in [9.17, 15) is 27.0 Å². The fourth-order valence-electron chi connectivity index (χ4n) is 5.19. The van der Waals surface area contributed by atoms with E-state index in [2.05, 4.69) is 25.0 Å². The van der Waals surface area contributed by atoms with Gasteiger partial charge in [-0.05, 0) is 25.0 Å². The van der Waals surface area contributed by atoms with Gasteiger partial charge in [0.25, 0.3) is 10.1 Å². The van der Waals surface area contributed by atoms with Gasteiger partial charge in [-0.15, -0.1) is 0 Å². The lowest BCUT2D eigenvalue weighted by Gasteiger charge is -2.19. The summed E-state index contributed by atoms with van der Waals surface area (Å²) in [6.45, 7) is 0.0116. The van der Waals surface area contributed by atoms with E-state index in [0.717, 1.165) is 17.3 Å². The molecule has 3 heterocycles. The predicted octanol–water partition coefficient (Wildman–Crippen LogP) is 0.394. The highest BCUT2D eigenvalue weighted by molar-refractivity contribution is 7.89. The van der Waals surface area contributed by atoms with Crippen LogP contribution in [0.15, 0.2) is 47.6 Å². The first-order valence-corrected chi connectivity index (χ1v) is 17.4. The molecule has 0 radical (unpaired) electrons. The molecule has 6 N–H and O–H groups in total. The van der Waals surface area contributed by atoms with Gasteiger partial charge < -0.3 is 30.9 Å². The number of nitrogens with two attached hydrogens (primary N) is 1. The van der Waals surface area contributed by atoms with Crippen molar-refractivity contribution in [1.29, 1.82) is 0 Å². The first-order valence-electron chi connectivity index (χ1n) is 14.1. The number of aromatic nitrogens is 4. The zero-order chi connectivity index (χ0) is 32.5. The van der Waals surface area contributed by atoms with E-state index >= 15 is 0 Å². The summed E-state index contributed by atoms with van der Waals surface area (Å²) >= 11 is 0. The number of sulfonamides is 1. The van der Waals surface area contributed by atoms with Gasteiger partial charge in [0.1, 0.15) is 24.6 Å². The van der Waals surface area contributed by atoms with E-state index in [1.807, 2.05) is 37.2 Å². The summed E-state index contributed by atoms with van der Waals surface area (Å²) in [7, 11) is -3.80. The molecular weight excluding hydrogens is 628 g/mol. The number of rotatable bonds is 13. The number of fused-ring (bicyclic) bond motifs is 2. The zero-order valence-electron chi connectivity index (χ0n) is 24.9. The molecule has 0 bridgehead atoms. The minimum Gasteiger partial charge on any atom is -0.387 e. The molecule has 0 amide bonds. The Morgan fingerprint density at radius 1 is 1.02 bits per heavy atom. The molecule has 244 valence electrons. The van der Waals surface area contributed by atoms with Crippen molar-refractivity contribution in [2.24, 2.45) is 0 Å². The summed E-state index contributed by atoms with van der Waals surface area (Å²) in [6.07, 6.45) is -2.24. The quantitative estimate of drug-likeness (QED) is 0.0964. The fraction of sp³-hybridized carbons (Fsp3) is 0.444. The van der Waals surface area contributed by atoms with Gasteiger partial charge in [-0.1, -0.05) is 24.3 Å². The Kier molecular flexibility index (Phi) is 9.45. The van der Waals surface area contributed by atoms with Gasteiger partial charge in [0.15, 0.2) is 23.2 Å². The van der Waals surface area contributed by atoms with Crippen LogP contribution in [-0.4, -0.2) is 105 Å². The van der Waals surface area contributed by atoms with E-state index in [-0.39, 0.29) is 34.4 Å². The highest BCUT2D eigenvalue weighted by Gasteiger charge is 2.46. The van der Waals surface area contributed by atoms with Gasteiger partial charge in [-0.2, -0.15) is 8.42 Å². The third-order valence-electron chi connectivity index (χ3n) is 7.35. The van der Waals surface area contributed by atoms with E-state index < -0.39 is 51.3 Å². The molecule has 1 saturated heterocycles. The number of hydrogen-bond acceptors (Lipinski definition) is 14. The first kappa shape index (κ1) is 32.7. The molecule has 1 unspecified atom stereocenters. The lowest BCUT2D eigenvalue weighted by molar-refractivity contribution is -0.0456. The summed E-state index contributed by atoms with van der Waals surface area (Å²) in [5.74, 6) is 0.276. The summed E-state index contributed by atoms with van der Waals surface area (Å²) in [6, 6.07) is 10.7.